The molecule has 0 saturated carbocycles. The van der Waals surface area contributed by atoms with E-state index in [0.717, 1.165) is 24.2 Å². The number of anilines is 2. The van der Waals surface area contributed by atoms with Crippen molar-refractivity contribution in [2.24, 2.45) is 0 Å². The molecule has 2 aromatic rings. The Morgan fingerprint density at radius 1 is 1.15 bits per heavy atom. The van der Waals surface area contributed by atoms with Crippen molar-refractivity contribution < 1.29 is 4.79 Å². The summed E-state index contributed by atoms with van der Waals surface area (Å²) in [5.74, 6) is 0. The number of nitriles is 1. The van der Waals surface area contributed by atoms with Gasteiger partial charge in [-0.05, 0) is 42.2 Å². The van der Waals surface area contributed by atoms with Crippen molar-refractivity contribution >= 4 is 17.4 Å². The lowest BCUT2D eigenvalue weighted by molar-refractivity contribution is 0.208. The fraction of sp³-hybridized carbons (Fsp3) is 0.381. The van der Waals surface area contributed by atoms with Gasteiger partial charge in [-0.15, -0.1) is 0 Å². The van der Waals surface area contributed by atoms with Crippen LogP contribution in [0.25, 0.3) is 0 Å². The SMILES string of the molecule is CCc1ccc(NC(=O)N2CCN(c3cnccc3C#N)CC2)cc1CC. The topological polar surface area (TPSA) is 72.3 Å². The van der Waals surface area contributed by atoms with E-state index in [0.29, 0.717) is 31.7 Å². The van der Waals surface area contributed by atoms with Crippen LogP contribution in [0.15, 0.2) is 36.7 Å². The second-order valence-corrected chi connectivity index (χ2v) is 6.60. The zero-order valence-corrected chi connectivity index (χ0v) is 15.9. The van der Waals surface area contributed by atoms with Crippen LogP contribution >= 0.6 is 0 Å². The van der Waals surface area contributed by atoms with Crippen LogP contribution in [0.1, 0.15) is 30.5 Å². The van der Waals surface area contributed by atoms with Crippen LogP contribution in [-0.2, 0) is 12.8 Å². The Kier molecular flexibility index (Phi) is 5.92. The van der Waals surface area contributed by atoms with Crippen LogP contribution in [0.3, 0.4) is 0 Å². The molecule has 0 unspecified atom stereocenters. The first kappa shape index (κ1) is 18.7. The first-order valence-electron chi connectivity index (χ1n) is 9.43. The van der Waals surface area contributed by atoms with Crippen LogP contribution in [-0.4, -0.2) is 42.1 Å². The van der Waals surface area contributed by atoms with Gasteiger partial charge in [0.05, 0.1) is 17.4 Å². The lowest BCUT2D eigenvalue weighted by Gasteiger charge is -2.36. The third kappa shape index (κ3) is 4.20. The monoisotopic (exact) mass is 363 g/mol. The molecule has 2 heterocycles. The molecule has 3 rings (SSSR count). The number of aromatic nitrogens is 1. The molecule has 1 aliphatic rings. The summed E-state index contributed by atoms with van der Waals surface area (Å²) >= 11 is 0. The Bertz CT molecular complexity index is 850. The van der Waals surface area contributed by atoms with Gasteiger partial charge in [0, 0.05) is 38.1 Å². The molecule has 2 amide bonds. The number of hydrogen-bond acceptors (Lipinski definition) is 4. The predicted octanol–water partition coefficient (Wildman–Crippen LogP) is 3.43. The van der Waals surface area contributed by atoms with Crippen molar-refractivity contribution in [1.82, 2.24) is 9.88 Å². The van der Waals surface area contributed by atoms with Crippen LogP contribution in [0.5, 0.6) is 0 Å². The van der Waals surface area contributed by atoms with Crippen LogP contribution in [0.4, 0.5) is 16.2 Å². The highest BCUT2D eigenvalue weighted by atomic mass is 16.2. The Labute approximate surface area is 160 Å². The third-order valence-corrected chi connectivity index (χ3v) is 5.05. The number of nitrogens with zero attached hydrogens (tertiary/aromatic N) is 4. The number of piperazine rings is 1. The van der Waals surface area contributed by atoms with Gasteiger partial charge in [0.1, 0.15) is 6.07 Å². The van der Waals surface area contributed by atoms with Crippen LogP contribution in [0.2, 0.25) is 0 Å². The quantitative estimate of drug-likeness (QED) is 0.903. The maximum absolute atomic E-state index is 12.6. The Morgan fingerprint density at radius 2 is 1.89 bits per heavy atom. The smallest absolute Gasteiger partial charge is 0.321 e. The van der Waals surface area contributed by atoms with Crippen molar-refractivity contribution in [3.63, 3.8) is 0 Å². The standard InChI is InChI=1S/C21H25N5O/c1-3-16-5-6-19(13-17(16)4-2)24-21(27)26-11-9-25(10-12-26)20-15-23-8-7-18(20)14-22/h5-8,13,15H,3-4,9-12H2,1-2H3,(H,24,27). The number of urea groups is 1. The van der Waals surface area contributed by atoms with E-state index in [1.165, 1.54) is 11.1 Å². The minimum absolute atomic E-state index is 0.0763. The number of nitrogens with one attached hydrogen (secondary N) is 1. The maximum atomic E-state index is 12.6. The Balaban J connectivity index is 1.61. The molecule has 0 bridgehead atoms. The van der Waals surface area contributed by atoms with Gasteiger partial charge in [-0.3, -0.25) is 4.98 Å². The second kappa shape index (κ2) is 8.54. The molecular formula is C21H25N5O. The van der Waals surface area contributed by atoms with Gasteiger partial charge < -0.3 is 15.1 Å². The summed E-state index contributed by atoms with van der Waals surface area (Å²) in [6, 6.07) is 9.99. The summed E-state index contributed by atoms with van der Waals surface area (Å²) < 4.78 is 0. The highest BCUT2D eigenvalue weighted by molar-refractivity contribution is 5.89. The minimum Gasteiger partial charge on any atom is -0.366 e. The van der Waals surface area contributed by atoms with Gasteiger partial charge in [0.15, 0.2) is 0 Å². The molecule has 6 nitrogen and oxygen atoms in total. The van der Waals surface area contributed by atoms with Gasteiger partial charge in [-0.2, -0.15) is 5.26 Å². The fourth-order valence-corrected chi connectivity index (χ4v) is 3.46. The number of pyridine rings is 1. The van der Waals surface area contributed by atoms with Gasteiger partial charge in [0.25, 0.3) is 0 Å². The number of benzene rings is 1. The molecule has 1 aliphatic heterocycles. The van der Waals surface area contributed by atoms with Gasteiger partial charge in [-0.1, -0.05) is 19.9 Å². The molecule has 1 N–H and O–H groups in total. The Morgan fingerprint density at radius 3 is 2.56 bits per heavy atom. The molecule has 0 aliphatic carbocycles. The third-order valence-electron chi connectivity index (χ3n) is 5.05. The molecule has 6 heteroatoms. The summed E-state index contributed by atoms with van der Waals surface area (Å²) in [7, 11) is 0. The highest BCUT2D eigenvalue weighted by Gasteiger charge is 2.23. The summed E-state index contributed by atoms with van der Waals surface area (Å²) in [6.45, 7) is 6.86. The number of carbonyl (C=O) groups excluding carboxylic acids is 1. The van der Waals surface area contributed by atoms with Crippen LogP contribution in [0, 0.1) is 11.3 Å². The van der Waals surface area contributed by atoms with E-state index in [-0.39, 0.29) is 6.03 Å². The van der Waals surface area contributed by atoms with Crippen molar-refractivity contribution in [3.8, 4) is 6.07 Å². The molecule has 1 aromatic carbocycles. The maximum Gasteiger partial charge on any atom is 0.321 e. The molecule has 1 fully saturated rings. The van der Waals surface area contributed by atoms with E-state index in [2.05, 4.69) is 47.3 Å². The largest absolute Gasteiger partial charge is 0.366 e. The summed E-state index contributed by atoms with van der Waals surface area (Å²) in [5.41, 5.74) is 4.90. The molecule has 27 heavy (non-hydrogen) atoms. The average molecular weight is 363 g/mol. The lowest BCUT2D eigenvalue weighted by atomic mass is 10.0. The van der Waals surface area contributed by atoms with Gasteiger partial charge in [-0.25, -0.2) is 4.79 Å². The van der Waals surface area contributed by atoms with Gasteiger partial charge >= 0.3 is 6.03 Å². The van der Waals surface area contributed by atoms with E-state index in [1.807, 2.05) is 11.0 Å². The van der Waals surface area contributed by atoms with Crippen molar-refractivity contribution in [3.05, 3.63) is 53.3 Å². The average Bonchev–Trinajstić information content (AvgIpc) is 2.73. The first-order valence-corrected chi connectivity index (χ1v) is 9.43. The fourth-order valence-electron chi connectivity index (χ4n) is 3.46. The molecule has 0 spiro atoms. The van der Waals surface area contributed by atoms with E-state index in [9.17, 15) is 10.1 Å². The molecule has 1 saturated heterocycles. The predicted molar refractivity (Wildman–Crippen MR) is 107 cm³/mol. The number of aryl methyl sites for hydroxylation is 2. The number of rotatable bonds is 4. The van der Waals surface area contributed by atoms with Gasteiger partial charge in [0.2, 0.25) is 0 Å². The highest BCUT2D eigenvalue weighted by Crippen LogP contribution is 2.21. The van der Waals surface area contributed by atoms with E-state index < -0.39 is 0 Å². The van der Waals surface area contributed by atoms with Crippen molar-refractivity contribution in [2.75, 3.05) is 36.4 Å². The number of hydrogen-bond donors (Lipinski definition) is 1. The second-order valence-electron chi connectivity index (χ2n) is 6.60. The van der Waals surface area contributed by atoms with E-state index in [1.54, 1.807) is 18.5 Å². The molecular weight excluding hydrogens is 338 g/mol. The summed E-state index contributed by atoms with van der Waals surface area (Å²) in [5, 5.41) is 12.3. The van der Waals surface area contributed by atoms with Crippen molar-refractivity contribution in [1.29, 1.82) is 5.26 Å². The van der Waals surface area contributed by atoms with Crippen LogP contribution < -0.4 is 10.2 Å². The molecule has 140 valence electrons. The van der Waals surface area contributed by atoms with E-state index >= 15 is 0 Å². The minimum atomic E-state index is -0.0763. The summed E-state index contributed by atoms with van der Waals surface area (Å²) in [4.78, 5) is 20.7. The zero-order valence-electron chi connectivity index (χ0n) is 15.9. The zero-order chi connectivity index (χ0) is 19.2. The lowest BCUT2D eigenvalue weighted by Crippen LogP contribution is -2.50. The van der Waals surface area contributed by atoms with E-state index in [4.69, 9.17) is 0 Å². The number of carbonyl (C=O) groups is 1. The number of amides is 2. The first-order chi connectivity index (χ1) is 13.2. The van der Waals surface area contributed by atoms with Crippen molar-refractivity contribution in [2.45, 2.75) is 26.7 Å². The molecule has 1 aromatic heterocycles. The molecule has 0 radical (unpaired) electrons. The normalized spacial score (nSPS) is 14.0. The summed E-state index contributed by atoms with van der Waals surface area (Å²) in [6.07, 6.45) is 5.30. The Hall–Kier alpha value is -3.07. The molecule has 0 atom stereocenters.